The highest BCUT2D eigenvalue weighted by Crippen LogP contribution is 2.57. The Kier molecular flexibility index (Phi) is 8.67. The SMILES string of the molecule is CC(C)[C@@H](O)[C@@H](C)[14CH2][P+](c1ccccc1)(c1ccccc1)c1ccccc1.[I-]. The van der Waals surface area contributed by atoms with Gasteiger partial charge in [0.2, 0.25) is 0 Å². The monoisotopic (exact) mass is 506 g/mol. The first-order valence-corrected chi connectivity index (χ1v) is 11.8. The van der Waals surface area contributed by atoms with Crippen LogP contribution in [0.2, 0.25) is 0 Å². The molecule has 28 heavy (non-hydrogen) atoms. The van der Waals surface area contributed by atoms with Crippen LogP contribution in [0.3, 0.4) is 0 Å². The van der Waals surface area contributed by atoms with Crippen molar-refractivity contribution in [3.05, 3.63) is 91.0 Å². The molecule has 1 N–H and O–H groups in total. The van der Waals surface area contributed by atoms with Crippen LogP contribution in [0.25, 0.3) is 0 Å². The second-order valence-corrected chi connectivity index (χ2v) is 11.2. The van der Waals surface area contributed by atoms with Crippen molar-refractivity contribution in [2.24, 2.45) is 11.8 Å². The molecular formula is C25H30IOP. The molecule has 148 valence electrons. The second-order valence-electron chi connectivity index (χ2n) is 7.71. The standard InChI is InChI=1S/C25H30OP.HI/c1-20(2)25(26)21(3)19-27(22-13-7-4-8-14-22,23-15-9-5-10-16-23)24-17-11-6-12-18-24;/h4-18,20-21,25-26H,19H2,1-3H3;1H/q+1;/p-1/t21-,25+;/m0./s1/i19+2;. The molecular weight excluding hydrogens is 476 g/mol. The van der Waals surface area contributed by atoms with Gasteiger partial charge in [0.05, 0.1) is 12.3 Å². The van der Waals surface area contributed by atoms with Crippen molar-refractivity contribution < 1.29 is 29.1 Å². The molecule has 3 heteroatoms. The molecule has 0 aliphatic carbocycles. The van der Waals surface area contributed by atoms with Crippen LogP contribution in [0.4, 0.5) is 0 Å². The lowest BCUT2D eigenvalue weighted by molar-refractivity contribution is -0.00000713. The molecule has 0 spiro atoms. The van der Waals surface area contributed by atoms with Crippen molar-refractivity contribution in [2.75, 3.05) is 6.16 Å². The predicted octanol–water partition coefficient (Wildman–Crippen LogP) is 1.64. The maximum Gasteiger partial charge on any atom is 0.112 e. The van der Waals surface area contributed by atoms with Crippen LogP contribution in [-0.4, -0.2) is 17.4 Å². The Morgan fingerprint density at radius 1 is 0.643 bits per heavy atom. The molecule has 0 saturated carbocycles. The first-order valence-electron chi connectivity index (χ1n) is 9.78. The molecule has 0 saturated heterocycles. The highest BCUT2D eigenvalue weighted by molar-refractivity contribution is 7.95. The molecule has 0 bridgehead atoms. The Morgan fingerprint density at radius 2 is 0.964 bits per heavy atom. The minimum Gasteiger partial charge on any atom is -1.00 e. The van der Waals surface area contributed by atoms with Gasteiger partial charge in [-0.25, -0.2) is 0 Å². The number of aliphatic hydroxyl groups excluding tert-OH is 1. The van der Waals surface area contributed by atoms with Gasteiger partial charge in [0.1, 0.15) is 23.2 Å². The molecule has 0 amide bonds. The molecule has 1 nitrogen and oxygen atoms in total. The molecule has 0 radical (unpaired) electrons. The maximum absolute atomic E-state index is 10.8. The van der Waals surface area contributed by atoms with Crippen molar-refractivity contribution >= 4 is 23.2 Å². The Balaban J connectivity index is 0.00000280. The van der Waals surface area contributed by atoms with Gasteiger partial charge >= 0.3 is 0 Å². The molecule has 3 aromatic rings. The summed E-state index contributed by atoms with van der Waals surface area (Å²) in [6, 6.07) is 32.7. The van der Waals surface area contributed by atoms with Crippen molar-refractivity contribution in [1.29, 1.82) is 0 Å². The average molecular weight is 506 g/mol. The zero-order chi connectivity index (χ0) is 19.3. The van der Waals surface area contributed by atoms with Gasteiger partial charge in [-0.05, 0) is 42.3 Å². The summed E-state index contributed by atoms with van der Waals surface area (Å²) < 4.78 is 0. The summed E-state index contributed by atoms with van der Waals surface area (Å²) >= 11 is 0. The fraction of sp³-hybridized carbons (Fsp3) is 0.280. The number of aliphatic hydroxyl groups is 1. The Labute approximate surface area is 187 Å². The van der Waals surface area contributed by atoms with Gasteiger partial charge in [0.25, 0.3) is 0 Å². The Morgan fingerprint density at radius 3 is 1.25 bits per heavy atom. The van der Waals surface area contributed by atoms with Crippen molar-refractivity contribution in [3.8, 4) is 0 Å². The lowest BCUT2D eigenvalue weighted by atomic mass is 10.0. The first kappa shape index (κ1) is 23.1. The van der Waals surface area contributed by atoms with Gasteiger partial charge in [-0.2, -0.15) is 0 Å². The molecule has 0 aliphatic rings. The van der Waals surface area contributed by atoms with E-state index in [1.54, 1.807) is 0 Å². The molecule has 0 aromatic heterocycles. The zero-order valence-electron chi connectivity index (χ0n) is 16.9. The van der Waals surface area contributed by atoms with E-state index in [0.29, 0.717) is 0 Å². The smallest absolute Gasteiger partial charge is 0.112 e. The minimum atomic E-state index is -1.86. The van der Waals surface area contributed by atoms with Crippen LogP contribution in [-0.2, 0) is 0 Å². The summed E-state index contributed by atoms with van der Waals surface area (Å²) in [6.07, 6.45) is 0.658. The quantitative estimate of drug-likeness (QED) is 0.382. The van der Waals surface area contributed by atoms with E-state index < -0.39 is 7.26 Å². The highest BCUT2D eigenvalue weighted by atomic mass is 127. The summed E-state index contributed by atoms with van der Waals surface area (Å²) in [4.78, 5) is 0. The Bertz CT molecular complexity index is 724. The van der Waals surface area contributed by atoms with E-state index in [4.69, 9.17) is 0 Å². The normalized spacial score (nSPS) is 13.6. The van der Waals surface area contributed by atoms with Crippen LogP contribution < -0.4 is 39.9 Å². The molecule has 0 heterocycles. The van der Waals surface area contributed by atoms with Crippen LogP contribution in [0, 0.1) is 11.8 Å². The van der Waals surface area contributed by atoms with Crippen LogP contribution in [0.1, 0.15) is 20.8 Å². The van der Waals surface area contributed by atoms with Gasteiger partial charge in [-0.15, -0.1) is 0 Å². The van der Waals surface area contributed by atoms with E-state index in [1.165, 1.54) is 15.9 Å². The lowest BCUT2D eigenvalue weighted by Crippen LogP contribution is -3.00. The van der Waals surface area contributed by atoms with E-state index in [1.807, 2.05) is 0 Å². The lowest BCUT2D eigenvalue weighted by Gasteiger charge is -2.32. The molecule has 0 aliphatic heterocycles. The van der Waals surface area contributed by atoms with Crippen LogP contribution in [0.5, 0.6) is 0 Å². The molecule has 3 rings (SSSR count). The summed E-state index contributed by atoms with van der Waals surface area (Å²) in [5, 5.41) is 15.0. The van der Waals surface area contributed by atoms with E-state index in [2.05, 4.69) is 112 Å². The molecule has 0 unspecified atom stereocenters. The van der Waals surface area contributed by atoms with Crippen LogP contribution in [0.15, 0.2) is 91.0 Å². The predicted molar refractivity (Wildman–Crippen MR) is 120 cm³/mol. The number of hydrogen-bond donors (Lipinski definition) is 1. The summed E-state index contributed by atoms with van der Waals surface area (Å²) in [5.74, 6) is 0.461. The molecule has 3 aromatic carbocycles. The van der Waals surface area contributed by atoms with Crippen molar-refractivity contribution in [1.82, 2.24) is 0 Å². The average Bonchev–Trinajstić information content (AvgIpc) is 2.73. The number of benzene rings is 3. The summed E-state index contributed by atoms with van der Waals surface area (Å²) in [6.45, 7) is 6.41. The number of rotatable bonds is 7. The Hall–Kier alpha value is -1.22. The van der Waals surface area contributed by atoms with Gasteiger partial charge in [0, 0.05) is 5.92 Å². The zero-order valence-corrected chi connectivity index (χ0v) is 19.9. The minimum absolute atomic E-state index is 0. The topological polar surface area (TPSA) is 20.2 Å². The maximum atomic E-state index is 10.8. The second kappa shape index (κ2) is 10.5. The number of hydrogen-bond acceptors (Lipinski definition) is 1. The van der Waals surface area contributed by atoms with E-state index in [-0.39, 0.29) is 41.9 Å². The van der Waals surface area contributed by atoms with Gasteiger partial charge in [-0.1, -0.05) is 75.4 Å². The van der Waals surface area contributed by atoms with Gasteiger partial charge < -0.3 is 29.1 Å². The fourth-order valence-corrected chi connectivity index (χ4v) is 8.66. The highest BCUT2D eigenvalue weighted by Gasteiger charge is 2.47. The first-order chi connectivity index (χ1) is 13.1. The van der Waals surface area contributed by atoms with Crippen molar-refractivity contribution in [2.45, 2.75) is 26.9 Å². The number of halogens is 1. The third kappa shape index (κ3) is 4.84. The third-order valence-electron chi connectivity index (χ3n) is 5.42. The third-order valence-corrected chi connectivity index (χ3v) is 10.1. The largest absolute Gasteiger partial charge is 1.00 e. The van der Waals surface area contributed by atoms with Crippen molar-refractivity contribution in [3.63, 3.8) is 0 Å². The molecule has 0 fully saturated rings. The summed E-state index contributed by atoms with van der Waals surface area (Å²) in [5.41, 5.74) is 0. The fourth-order valence-electron chi connectivity index (χ4n) is 4.01. The van der Waals surface area contributed by atoms with Gasteiger partial charge in [0.15, 0.2) is 0 Å². The molecule has 2 atom stereocenters. The van der Waals surface area contributed by atoms with E-state index in [0.717, 1.165) is 6.16 Å². The van der Waals surface area contributed by atoms with Crippen LogP contribution >= 0.6 is 7.26 Å². The van der Waals surface area contributed by atoms with Gasteiger partial charge in [-0.3, -0.25) is 0 Å². The van der Waals surface area contributed by atoms with E-state index >= 15 is 0 Å². The van der Waals surface area contributed by atoms with E-state index in [9.17, 15) is 5.11 Å². The summed E-state index contributed by atoms with van der Waals surface area (Å²) in [7, 11) is -1.86.